The van der Waals surface area contributed by atoms with E-state index in [0.717, 1.165) is 111 Å². The summed E-state index contributed by atoms with van der Waals surface area (Å²) in [6.45, 7) is 33.3. The van der Waals surface area contributed by atoms with Gasteiger partial charge in [-0.05, 0) is 81.4 Å². The van der Waals surface area contributed by atoms with Gasteiger partial charge in [-0.3, -0.25) is 46.0 Å². The summed E-state index contributed by atoms with van der Waals surface area (Å²) in [6.07, 6.45) is -0.691. The Labute approximate surface area is 658 Å². The number of aromatic hydroxyl groups is 1. The number of phenols is 1. The molecule has 7 N–H and O–H groups in total. The van der Waals surface area contributed by atoms with Crippen LogP contribution in [0.25, 0.3) is 32.9 Å². The molecule has 0 unspecified atom stereocenters. The van der Waals surface area contributed by atoms with Crippen molar-refractivity contribution < 1.29 is 43.5 Å². The van der Waals surface area contributed by atoms with Gasteiger partial charge in [-0.1, -0.05) is 187 Å². The number of ketones is 1. The number of nitro groups is 2. The molecule has 1 amide bonds. The molecule has 0 radical (unpaired) electrons. The Morgan fingerprint density at radius 1 is 0.626 bits per heavy atom. The molecule has 7 aromatic carbocycles. The fourth-order valence-electron chi connectivity index (χ4n) is 9.67. The Kier molecular flexibility index (Phi) is 38.7. The zero-order valence-corrected chi connectivity index (χ0v) is 67.1. The molecule has 2 fully saturated rings. The minimum absolute atomic E-state index is 0. The number of benzene rings is 7. The van der Waals surface area contributed by atoms with E-state index in [1.807, 2.05) is 140 Å². The molecule has 0 spiro atoms. The van der Waals surface area contributed by atoms with Crippen LogP contribution in [0.4, 0.5) is 33.5 Å². The number of non-ortho nitro benzene ring substituents is 2. The third kappa shape index (κ3) is 31.7. The monoisotopic (exact) mass is 1590 g/mol. The second-order valence-corrected chi connectivity index (χ2v) is 30.3. The first-order valence-corrected chi connectivity index (χ1v) is 35.5. The SMILES string of the molecule is CC(C)(C)C(=O)CC#N.Cc1ccc(-n2nc(C(C)(C)C)cc2N)cc1.Cc1ccc(-n2nc(C(C)(C)C)cc2NC(=O)OCC(Cl)(Cl)Cl)cc1.Cc1ccc(NN)cc1.Cl.Cl.ClCCN1CCOCC1.O=[N+]([O-])c1ccc(O)c2ccccc12.O=[N+]([O-])c1ccc(OCCN2CCOCC2)c2ccccc12. The summed E-state index contributed by atoms with van der Waals surface area (Å²) < 4.78 is 23.0. The van der Waals surface area contributed by atoms with Gasteiger partial charge in [-0.15, -0.1) is 36.4 Å². The lowest BCUT2D eigenvalue weighted by atomic mass is 9.89. The van der Waals surface area contributed by atoms with Gasteiger partial charge in [0.1, 0.15) is 36.3 Å². The number of hydrogen-bond acceptors (Lipinski definition) is 19. The van der Waals surface area contributed by atoms with Crippen molar-refractivity contribution in [1.82, 2.24) is 29.4 Å². The number of hydrazine groups is 1. The van der Waals surface area contributed by atoms with Crippen molar-refractivity contribution in [2.45, 2.75) is 104 Å². The second-order valence-electron chi connectivity index (χ2n) is 27.4. The number of nitriles is 1. The third-order valence-corrected chi connectivity index (χ3v) is 16.3. The highest BCUT2D eigenvalue weighted by atomic mass is 35.6. The summed E-state index contributed by atoms with van der Waals surface area (Å²) in [5.41, 5.74) is 16.4. The molecule has 107 heavy (non-hydrogen) atoms. The molecule has 2 aromatic heterocycles. The van der Waals surface area contributed by atoms with Crippen LogP contribution in [0.2, 0.25) is 0 Å². The van der Waals surface area contributed by atoms with Gasteiger partial charge in [-0.25, -0.2) is 14.2 Å². The van der Waals surface area contributed by atoms with Crippen LogP contribution >= 0.6 is 71.2 Å². The topological polar surface area (TPSA) is 320 Å². The van der Waals surface area contributed by atoms with Gasteiger partial charge in [0.2, 0.25) is 3.79 Å². The maximum Gasteiger partial charge on any atom is 0.412 e. The lowest BCUT2D eigenvalue weighted by Crippen LogP contribution is -2.38. The predicted octanol–water partition coefficient (Wildman–Crippen LogP) is 17.6. The molecule has 580 valence electrons. The lowest BCUT2D eigenvalue weighted by molar-refractivity contribution is -0.383. The molecule has 0 saturated carbocycles. The summed E-state index contributed by atoms with van der Waals surface area (Å²) in [5.74, 6) is 7.80. The Balaban J connectivity index is 0.000000334. The molecule has 0 aliphatic carbocycles. The highest BCUT2D eigenvalue weighted by Gasteiger charge is 2.26. The van der Waals surface area contributed by atoms with Crippen molar-refractivity contribution in [3.63, 3.8) is 0 Å². The van der Waals surface area contributed by atoms with E-state index in [1.165, 1.54) is 29.3 Å². The Bertz CT molecular complexity index is 4270. The van der Waals surface area contributed by atoms with Crippen molar-refractivity contribution in [2.75, 3.05) is 101 Å². The number of ether oxygens (including phenoxy) is 4. The van der Waals surface area contributed by atoms with Gasteiger partial charge < -0.3 is 35.2 Å². The Morgan fingerprint density at radius 2 is 1.06 bits per heavy atom. The number of aromatic nitrogens is 4. The summed E-state index contributed by atoms with van der Waals surface area (Å²) in [5, 5.41) is 53.5. The van der Waals surface area contributed by atoms with E-state index in [4.69, 9.17) is 82.2 Å². The van der Waals surface area contributed by atoms with E-state index in [0.29, 0.717) is 40.2 Å². The number of aryl methyl sites for hydroxylation is 3. The van der Waals surface area contributed by atoms with Crippen molar-refractivity contribution in [2.24, 2.45) is 11.3 Å². The number of anilines is 3. The number of hydrogen-bond donors (Lipinski definition) is 5. The largest absolute Gasteiger partial charge is 0.507 e. The number of carbonyl (C=O) groups is 2. The Hall–Kier alpha value is -8.55. The molecule has 2 saturated heterocycles. The molecular weight excluding hydrogens is 1500 g/mol. The van der Waals surface area contributed by atoms with Gasteiger partial charge in [-0.2, -0.15) is 15.5 Å². The number of Topliss-reactive ketones (excluding diaryl/α,β-unsaturated/α-hetero) is 1. The van der Waals surface area contributed by atoms with E-state index >= 15 is 0 Å². The summed E-state index contributed by atoms with van der Waals surface area (Å²) in [7, 11) is 0. The normalized spacial score (nSPS) is 12.8. The lowest BCUT2D eigenvalue weighted by Gasteiger charge is -2.26. The number of phenolic OH excluding ortho intramolecular Hbond substituents is 1. The predicted molar refractivity (Wildman–Crippen MR) is 435 cm³/mol. The summed E-state index contributed by atoms with van der Waals surface area (Å²) in [6, 6.07) is 49.2. The van der Waals surface area contributed by atoms with Crippen molar-refractivity contribution in [3.05, 3.63) is 206 Å². The van der Waals surface area contributed by atoms with E-state index in [2.05, 4.69) is 70.6 Å². The summed E-state index contributed by atoms with van der Waals surface area (Å²) >= 11 is 22.3. The number of rotatable bonds is 14. The van der Waals surface area contributed by atoms with Crippen molar-refractivity contribution in [1.29, 1.82) is 5.26 Å². The molecule has 0 atom stereocenters. The zero-order valence-electron chi connectivity index (χ0n) is 62.4. The van der Waals surface area contributed by atoms with Crippen LogP contribution in [0, 0.1) is 57.7 Å². The first kappa shape index (κ1) is 92.7. The van der Waals surface area contributed by atoms with E-state index in [9.17, 15) is 34.9 Å². The van der Waals surface area contributed by atoms with Crippen LogP contribution in [-0.2, 0) is 29.8 Å². The fraction of sp³-hybridized carbons (Fsp3) is 0.390. The first-order chi connectivity index (χ1) is 49.5. The van der Waals surface area contributed by atoms with Crippen LogP contribution in [0.1, 0.15) is 96.8 Å². The van der Waals surface area contributed by atoms with E-state index in [-0.39, 0.29) is 81.9 Å². The van der Waals surface area contributed by atoms with Gasteiger partial charge in [0.25, 0.3) is 11.4 Å². The number of nitrogens with two attached hydrogens (primary N) is 2. The van der Waals surface area contributed by atoms with Gasteiger partial charge in [0.05, 0.1) is 82.3 Å². The summed E-state index contributed by atoms with van der Waals surface area (Å²) in [4.78, 5) is 48.4. The molecular formula is C77H99Cl6N13O11. The van der Waals surface area contributed by atoms with Gasteiger partial charge >= 0.3 is 6.09 Å². The number of morpholine rings is 2. The smallest absolute Gasteiger partial charge is 0.412 e. The molecule has 2 aliphatic rings. The first-order valence-electron chi connectivity index (χ1n) is 33.9. The van der Waals surface area contributed by atoms with Crippen LogP contribution in [0.15, 0.2) is 158 Å². The van der Waals surface area contributed by atoms with Gasteiger partial charge in [0.15, 0.2) is 5.78 Å². The maximum atomic E-state index is 12.0. The number of fused-ring (bicyclic) bond motifs is 2. The van der Waals surface area contributed by atoms with Crippen molar-refractivity contribution in [3.8, 4) is 28.9 Å². The number of carbonyl (C=O) groups excluding carboxylic acids is 2. The maximum absolute atomic E-state index is 12.0. The number of nitrogen functional groups attached to an aromatic ring is 2. The zero-order chi connectivity index (χ0) is 77.7. The van der Waals surface area contributed by atoms with Crippen molar-refractivity contribution >= 4 is 133 Å². The van der Waals surface area contributed by atoms with Crippen LogP contribution in [-0.4, -0.2) is 145 Å². The van der Waals surface area contributed by atoms with Crippen LogP contribution in [0.5, 0.6) is 11.5 Å². The van der Waals surface area contributed by atoms with Crippen LogP contribution < -0.4 is 27.1 Å². The quantitative estimate of drug-likeness (QED) is 0.0292. The standard InChI is InChI=1S/C17H20Cl3N3O2.C16H18N2O4.C14H19N3.C10H7NO3.C7H10N2.C7H11NO.C6H12ClNO.2ClH/c1-11-5-7-12(8-6-11)23-14(9-13(22-23)16(2,3)4)21-15(24)25-10-17(18,19)20;19-18(20)15-5-6-16(14-4-2-1-3-13(14)15)22-12-9-17-7-10-21-11-8-17;1-10-5-7-11(8-6-10)17-13(15)9-12(16-17)14(2,3)4;12-10-6-5-9(11(13)14)7-3-1-2-4-8(7)10;1-6-2-4-7(9-8)5-3-6;1-7(2,3)6(9)4-5-8;7-1-2-8-3-5-9-6-4-8;;/h5-9H,10H2,1-4H3,(H,21,24);1-6H,7-12H2;5-9H,15H2,1-4H3;1-6,12H;2-5,9H,8H2,1H3;4H2,1-3H3;1-6H2;2*1H. The molecule has 4 heterocycles. The minimum Gasteiger partial charge on any atom is -0.507 e. The molecule has 24 nitrogen and oxygen atoms in total. The molecule has 0 bridgehead atoms. The fourth-order valence-corrected chi connectivity index (χ4v) is 10.1. The number of alkyl halides is 4. The minimum atomic E-state index is -1.66. The molecule has 11 rings (SSSR count). The number of nitro benzene ring substituents is 2. The second kappa shape index (κ2) is 44.7. The molecule has 2 aliphatic heterocycles. The molecule has 9 aromatic rings. The highest BCUT2D eigenvalue weighted by molar-refractivity contribution is 6.67. The van der Waals surface area contributed by atoms with Gasteiger partial charge in [0, 0.05) is 102 Å². The number of amides is 1. The number of nitrogens with one attached hydrogen (secondary N) is 2. The molecule has 30 heteroatoms. The van der Waals surface area contributed by atoms with E-state index < -0.39 is 14.8 Å². The van der Waals surface area contributed by atoms with Crippen LogP contribution in [0.3, 0.4) is 0 Å². The average Bonchev–Trinajstić information content (AvgIpc) is 1.60. The van der Waals surface area contributed by atoms with E-state index in [1.54, 1.807) is 57.9 Å². The highest BCUT2D eigenvalue weighted by Crippen LogP contribution is 2.35. The Morgan fingerprint density at radius 3 is 1.49 bits per heavy atom. The number of nitrogens with zero attached hydrogens (tertiary/aromatic N) is 9. The third-order valence-electron chi connectivity index (χ3n) is 15.8. The number of halogens is 6. The average molecular weight is 1600 g/mol.